The Kier molecular flexibility index (Phi) is 6.08. The van der Waals surface area contributed by atoms with Gasteiger partial charge >= 0.3 is 5.97 Å². The standard InChI is InChI=1S/C28H23N3O5/c1-16(27(33)30-19-11-8-17(9-12-19)26(29)32)36-28(34)24-21-6-2-3-7-23(21)31-25-18(10-13-22(24)25)15-20-5-4-14-35-20/h2-9,11-12,14-16H,10,13H2,1H3,(H2,29,32)(H,30,33)/b18-15+. The first kappa shape index (κ1) is 23.0. The van der Waals surface area contributed by atoms with Crippen LogP contribution >= 0.6 is 0 Å². The molecule has 0 saturated heterocycles. The van der Waals surface area contributed by atoms with E-state index in [4.69, 9.17) is 19.9 Å². The Balaban J connectivity index is 1.41. The average Bonchev–Trinajstić information content (AvgIpc) is 3.53. The molecule has 0 radical (unpaired) electrons. The third-order valence-electron chi connectivity index (χ3n) is 6.10. The van der Waals surface area contributed by atoms with E-state index in [0.717, 1.165) is 16.8 Å². The fourth-order valence-electron chi connectivity index (χ4n) is 4.29. The number of amides is 2. The molecule has 1 aliphatic rings. The average molecular weight is 482 g/mol. The van der Waals surface area contributed by atoms with Crippen molar-refractivity contribution < 1.29 is 23.5 Å². The van der Waals surface area contributed by atoms with Crippen molar-refractivity contribution in [1.82, 2.24) is 4.98 Å². The summed E-state index contributed by atoms with van der Waals surface area (Å²) >= 11 is 0. The number of hydrogen-bond donors (Lipinski definition) is 2. The van der Waals surface area contributed by atoms with Crippen molar-refractivity contribution in [2.75, 3.05) is 5.32 Å². The van der Waals surface area contributed by atoms with Crippen molar-refractivity contribution in [2.45, 2.75) is 25.9 Å². The number of hydrogen-bond acceptors (Lipinski definition) is 6. The molecule has 2 aromatic carbocycles. The number of nitrogens with one attached hydrogen (secondary N) is 1. The van der Waals surface area contributed by atoms with Crippen molar-refractivity contribution in [1.29, 1.82) is 0 Å². The quantitative estimate of drug-likeness (QED) is 0.388. The normalized spacial score (nSPS) is 14.4. The summed E-state index contributed by atoms with van der Waals surface area (Å²) in [4.78, 5) is 42.2. The van der Waals surface area contributed by atoms with Crippen LogP contribution in [0.2, 0.25) is 0 Å². The number of anilines is 1. The van der Waals surface area contributed by atoms with Crippen LogP contribution in [0.5, 0.6) is 0 Å². The molecule has 1 aliphatic carbocycles. The Morgan fingerprint density at radius 1 is 1.06 bits per heavy atom. The Morgan fingerprint density at radius 3 is 2.56 bits per heavy atom. The molecule has 36 heavy (non-hydrogen) atoms. The summed E-state index contributed by atoms with van der Waals surface area (Å²) in [6.45, 7) is 1.51. The number of para-hydroxylation sites is 1. The minimum atomic E-state index is -1.06. The molecule has 0 fully saturated rings. The lowest BCUT2D eigenvalue weighted by atomic mass is 10.0. The molecule has 0 bridgehead atoms. The first-order valence-corrected chi connectivity index (χ1v) is 11.5. The Hall–Kier alpha value is -4.72. The van der Waals surface area contributed by atoms with Gasteiger partial charge in [0.1, 0.15) is 5.76 Å². The lowest BCUT2D eigenvalue weighted by molar-refractivity contribution is -0.123. The topological polar surface area (TPSA) is 125 Å². The maximum absolute atomic E-state index is 13.4. The summed E-state index contributed by atoms with van der Waals surface area (Å²) < 4.78 is 11.1. The number of furan rings is 1. The number of aromatic nitrogens is 1. The van der Waals surface area contributed by atoms with Crippen molar-refractivity contribution >= 4 is 46.0 Å². The van der Waals surface area contributed by atoms with Gasteiger partial charge in [-0.3, -0.25) is 9.59 Å². The summed E-state index contributed by atoms with van der Waals surface area (Å²) in [6.07, 6.45) is 3.81. The molecular weight excluding hydrogens is 458 g/mol. The van der Waals surface area contributed by atoms with Gasteiger partial charge in [-0.15, -0.1) is 0 Å². The number of benzene rings is 2. The second-order valence-corrected chi connectivity index (χ2v) is 8.49. The van der Waals surface area contributed by atoms with Crippen LogP contribution < -0.4 is 11.1 Å². The van der Waals surface area contributed by atoms with Crippen molar-refractivity contribution in [3.05, 3.63) is 95.1 Å². The lowest BCUT2D eigenvalue weighted by Gasteiger charge is -2.16. The van der Waals surface area contributed by atoms with Gasteiger partial charge in [-0.2, -0.15) is 0 Å². The summed E-state index contributed by atoms with van der Waals surface area (Å²) in [6, 6.07) is 17.2. The number of fused-ring (bicyclic) bond motifs is 2. The number of carbonyl (C=O) groups is 3. The van der Waals surface area contributed by atoms with E-state index < -0.39 is 23.9 Å². The number of pyridine rings is 1. The predicted octanol–water partition coefficient (Wildman–Crippen LogP) is 4.60. The molecule has 1 unspecified atom stereocenters. The molecule has 2 aromatic heterocycles. The zero-order chi connectivity index (χ0) is 25.2. The number of esters is 1. The van der Waals surface area contributed by atoms with Crippen LogP contribution in [0.1, 0.15) is 51.1 Å². The van der Waals surface area contributed by atoms with Crippen LogP contribution in [0.25, 0.3) is 22.6 Å². The van der Waals surface area contributed by atoms with Gasteiger partial charge in [-0.1, -0.05) is 18.2 Å². The number of ether oxygens (including phenoxy) is 1. The zero-order valence-corrected chi connectivity index (χ0v) is 19.5. The van der Waals surface area contributed by atoms with Gasteiger partial charge in [0.25, 0.3) is 5.91 Å². The van der Waals surface area contributed by atoms with Crippen LogP contribution in [-0.2, 0) is 16.0 Å². The van der Waals surface area contributed by atoms with Crippen molar-refractivity contribution in [3.8, 4) is 0 Å². The van der Waals surface area contributed by atoms with Crippen LogP contribution in [0.3, 0.4) is 0 Å². The van der Waals surface area contributed by atoms with Gasteiger partial charge in [-0.25, -0.2) is 9.78 Å². The summed E-state index contributed by atoms with van der Waals surface area (Å²) in [5, 5.41) is 3.36. The van der Waals surface area contributed by atoms with Crippen LogP contribution in [0.15, 0.2) is 71.3 Å². The summed E-state index contributed by atoms with van der Waals surface area (Å²) in [5.74, 6) is -0.931. The highest BCUT2D eigenvalue weighted by Crippen LogP contribution is 2.38. The van der Waals surface area contributed by atoms with Crippen LogP contribution in [0.4, 0.5) is 5.69 Å². The SMILES string of the molecule is CC(OC(=O)c1c2c(nc3ccccc13)/C(=C/c1ccco1)CC2)C(=O)Nc1ccc(C(N)=O)cc1. The lowest BCUT2D eigenvalue weighted by Crippen LogP contribution is -2.30. The molecule has 180 valence electrons. The molecule has 5 rings (SSSR count). The Morgan fingerprint density at radius 2 is 1.83 bits per heavy atom. The number of primary amides is 1. The molecule has 1 atom stereocenters. The molecule has 8 nitrogen and oxygen atoms in total. The fourth-order valence-corrected chi connectivity index (χ4v) is 4.29. The van der Waals surface area contributed by atoms with E-state index in [1.807, 2.05) is 42.5 Å². The molecule has 3 N–H and O–H groups in total. The minimum Gasteiger partial charge on any atom is -0.465 e. The third kappa shape index (κ3) is 4.48. The minimum absolute atomic E-state index is 0.325. The second kappa shape index (κ2) is 9.50. The van der Waals surface area contributed by atoms with Gasteiger partial charge < -0.3 is 20.2 Å². The van der Waals surface area contributed by atoms with Crippen molar-refractivity contribution in [2.24, 2.45) is 5.73 Å². The third-order valence-corrected chi connectivity index (χ3v) is 6.10. The van der Waals surface area contributed by atoms with E-state index >= 15 is 0 Å². The largest absolute Gasteiger partial charge is 0.465 e. The van der Waals surface area contributed by atoms with Gasteiger partial charge in [0.15, 0.2) is 6.10 Å². The van der Waals surface area contributed by atoms with E-state index in [0.29, 0.717) is 46.3 Å². The molecule has 0 spiro atoms. The Labute approximate surface area is 206 Å². The first-order chi connectivity index (χ1) is 17.4. The van der Waals surface area contributed by atoms with E-state index in [9.17, 15) is 14.4 Å². The van der Waals surface area contributed by atoms with Gasteiger partial charge in [0.05, 0.1) is 23.0 Å². The molecule has 0 aliphatic heterocycles. The number of carbonyl (C=O) groups excluding carboxylic acids is 3. The molecule has 2 heterocycles. The monoisotopic (exact) mass is 481 g/mol. The van der Waals surface area contributed by atoms with E-state index in [2.05, 4.69) is 5.32 Å². The number of rotatable bonds is 6. The smallest absolute Gasteiger partial charge is 0.339 e. The second-order valence-electron chi connectivity index (χ2n) is 8.49. The van der Waals surface area contributed by atoms with E-state index in [1.54, 1.807) is 18.4 Å². The first-order valence-electron chi connectivity index (χ1n) is 11.5. The molecule has 4 aromatic rings. The molecule has 0 saturated carbocycles. The maximum atomic E-state index is 13.4. The molecule has 8 heteroatoms. The highest BCUT2D eigenvalue weighted by atomic mass is 16.5. The molecular formula is C28H23N3O5. The van der Waals surface area contributed by atoms with Gasteiger partial charge in [0, 0.05) is 16.6 Å². The van der Waals surface area contributed by atoms with E-state index in [1.165, 1.54) is 19.1 Å². The number of nitrogens with two attached hydrogens (primary N) is 1. The zero-order valence-electron chi connectivity index (χ0n) is 19.5. The van der Waals surface area contributed by atoms with Crippen LogP contribution in [0, 0.1) is 0 Å². The number of nitrogens with zero attached hydrogens (tertiary/aromatic N) is 1. The van der Waals surface area contributed by atoms with Gasteiger partial charge in [0.2, 0.25) is 5.91 Å². The van der Waals surface area contributed by atoms with Crippen LogP contribution in [-0.4, -0.2) is 28.9 Å². The summed E-state index contributed by atoms with van der Waals surface area (Å²) in [7, 11) is 0. The molecule has 2 amide bonds. The van der Waals surface area contributed by atoms with E-state index in [-0.39, 0.29) is 0 Å². The number of allylic oxidation sites excluding steroid dienone is 1. The predicted molar refractivity (Wildman–Crippen MR) is 135 cm³/mol. The fraction of sp³-hybridized carbons (Fsp3) is 0.143. The maximum Gasteiger partial charge on any atom is 0.339 e. The highest BCUT2D eigenvalue weighted by molar-refractivity contribution is 6.08. The van der Waals surface area contributed by atoms with Crippen molar-refractivity contribution in [3.63, 3.8) is 0 Å². The highest BCUT2D eigenvalue weighted by Gasteiger charge is 2.29. The Bertz CT molecular complexity index is 1500. The van der Waals surface area contributed by atoms with Gasteiger partial charge in [-0.05, 0) is 79.4 Å². The summed E-state index contributed by atoms with van der Waals surface area (Å²) in [5.41, 5.74) is 9.63.